The first-order valence-corrected chi connectivity index (χ1v) is 8.41. The molecule has 7 heteroatoms. The third-order valence-corrected chi connectivity index (χ3v) is 4.77. The highest BCUT2D eigenvalue weighted by Crippen LogP contribution is 2.27. The smallest absolute Gasteiger partial charge is 0.243 e. The summed E-state index contributed by atoms with van der Waals surface area (Å²) in [5.41, 5.74) is 0.874. The van der Waals surface area contributed by atoms with Gasteiger partial charge in [0.2, 0.25) is 10.0 Å². The fraction of sp³-hybridized carbons (Fsp3) is 0.250. The molecule has 0 saturated carbocycles. The molecule has 0 aliphatic heterocycles. The number of rotatable bonds is 7. The Labute approximate surface area is 135 Å². The number of nitrogens with one attached hydrogen (secondary N) is 1. The van der Waals surface area contributed by atoms with Crippen molar-refractivity contribution in [3.8, 4) is 11.5 Å². The molecule has 1 N–H and O–H groups in total. The summed E-state index contributed by atoms with van der Waals surface area (Å²) in [6.45, 7) is 0.145. The molecule has 0 bridgehead atoms. The number of ether oxygens (including phenoxy) is 2. The molecule has 0 atom stereocenters. The first kappa shape index (κ1) is 17.2. The van der Waals surface area contributed by atoms with Gasteiger partial charge >= 0.3 is 0 Å². The molecule has 0 aromatic heterocycles. The van der Waals surface area contributed by atoms with Crippen molar-refractivity contribution in [2.45, 2.75) is 11.3 Å². The number of hydrogen-bond acceptors (Lipinski definition) is 4. The molecule has 0 spiro atoms. The van der Waals surface area contributed by atoms with Gasteiger partial charge in [0.15, 0.2) is 11.5 Å². The average Bonchev–Trinajstić information content (AvgIpc) is 2.54. The van der Waals surface area contributed by atoms with Crippen LogP contribution in [0.25, 0.3) is 0 Å². The van der Waals surface area contributed by atoms with E-state index in [1.807, 2.05) is 6.07 Å². The first-order chi connectivity index (χ1) is 11.0. The van der Waals surface area contributed by atoms with Crippen LogP contribution in [0.2, 0.25) is 0 Å². The number of halogens is 1. The van der Waals surface area contributed by atoms with E-state index in [2.05, 4.69) is 4.72 Å². The van der Waals surface area contributed by atoms with Crippen molar-refractivity contribution in [2.24, 2.45) is 0 Å². The van der Waals surface area contributed by atoms with Crippen LogP contribution in [0.5, 0.6) is 11.5 Å². The summed E-state index contributed by atoms with van der Waals surface area (Å²) < 4.78 is 50.4. The highest BCUT2D eigenvalue weighted by molar-refractivity contribution is 7.89. The quantitative estimate of drug-likeness (QED) is 0.841. The Morgan fingerprint density at radius 2 is 1.74 bits per heavy atom. The third kappa shape index (κ3) is 4.20. The van der Waals surface area contributed by atoms with E-state index >= 15 is 0 Å². The fourth-order valence-electron chi connectivity index (χ4n) is 2.11. The lowest BCUT2D eigenvalue weighted by molar-refractivity contribution is 0.354. The van der Waals surface area contributed by atoms with Crippen LogP contribution in [0.1, 0.15) is 5.56 Å². The predicted octanol–water partition coefficient (Wildman–Crippen LogP) is 2.36. The molecule has 0 radical (unpaired) electrons. The Balaban J connectivity index is 2.04. The van der Waals surface area contributed by atoms with Gasteiger partial charge in [0.05, 0.1) is 14.2 Å². The molecular weight excluding hydrogens is 321 g/mol. The molecule has 2 aromatic carbocycles. The van der Waals surface area contributed by atoms with Crippen LogP contribution < -0.4 is 14.2 Å². The van der Waals surface area contributed by atoms with E-state index < -0.39 is 15.8 Å². The number of sulfonamides is 1. The molecule has 0 heterocycles. The minimum absolute atomic E-state index is 0.145. The standard InChI is InChI=1S/C16H18FNO4S/c1-21-14-8-7-12(11-15(14)22-2)9-10-18-23(19,20)16-6-4-3-5-13(16)17/h3-8,11,18H,9-10H2,1-2H3. The predicted molar refractivity (Wildman–Crippen MR) is 84.8 cm³/mol. The zero-order valence-electron chi connectivity index (χ0n) is 12.9. The molecular formula is C16H18FNO4S. The van der Waals surface area contributed by atoms with Crippen molar-refractivity contribution in [3.05, 3.63) is 53.8 Å². The zero-order chi connectivity index (χ0) is 16.9. The molecule has 23 heavy (non-hydrogen) atoms. The lowest BCUT2D eigenvalue weighted by atomic mass is 10.1. The van der Waals surface area contributed by atoms with Crippen molar-refractivity contribution in [1.82, 2.24) is 4.72 Å². The van der Waals surface area contributed by atoms with E-state index in [-0.39, 0.29) is 11.4 Å². The molecule has 2 rings (SSSR count). The molecule has 5 nitrogen and oxygen atoms in total. The van der Waals surface area contributed by atoms with Crippen LogP contribution in [0.3, 0.4) is 0 Å². The Morgan fingerprint density at radius 3 is 2.39 bits per heavy atom. The minimum Gasteiger partial charge on any atom is -0.493 e. The molecule has 0 amide bonds. The zero-order valence-corrected chi connectivity index (χ0v) is 13.7. The largest absolute Gasteiger partial charge is 0.493 e. The van der Waals surface area contributed by atoms with Gasteiger partial charge in [-0.2, -0.15) is 0 Å². The maximum Gasteiger partial charge on any atom is 0.243 e. The minimum atomic E-state index is -3.87. The van der Waals surface area contributed by atoms with Crippen LogP contribution in [0.4, 0.5) is 4.39 Å². The number of hydrogen-bond donors (Lipinski definition) is 1. The second-order valence-electron chi connectivity index (χ2n) is 4.77. The van der Waals surface area contributed by atoms with Gasteiger partial charge in [-0.15, -0.1) is 0 Å². The van der Waals surface area contributed by atoms with Gasteiger partial charge in [-0.05, 0) is 36.2 Å². The Bertz CT molecular complexity index is 777. The second-order valence-corrected chi connectivity index (χ2v) is 6.50. The van der Waals surface area contributed by atoms with E-state index in [1.165, 1.54) is 25.3 Å². The van der Waals surface area contributed by atoms with E-state index in [1.54, 1.807) is 19.2 Å². The van der Waals surface area contributed by atoms with Crippen LogP contribution in [0.15, 0.2) is 47.4 Å². The molecule has 0 unspecified atom stereocenters. The molecule has 0 aliphatic carbocycles. The summed E-state index contributed by atoms with van der Waals surface area (Å²) in [6.07, 6.45) is 0.439. The Kier molecular flexibility index (Phi) is 5.57. The Hall–Kier alpha value is -2.12. The van der Waals surface area contributed by atoms with Crippen molar-refractivity contribution in [3.63, 3.8) is 0 Å². The lowest BCUT2D eigenvalue weighted by Gasteiger charge is -2.10. The maximum absolute atomic E-state index is 13.6. The maximum atomic E-state index is 13.6. The van der Waals surface area contributed by atoms with E-state index in [0.29, 0.717) is 17.9 Å². The van der Waals surface area contributed by atoms with Crippen LogP contribution in [-0.2, 0) is 16.4 Å². The van der Waals surface area contributed by atoms with E-state index in [4.69, 9.17) is 9.47 Å². The SMILES string of the molecule is COc1ccc(CCNS(=O)(=O)c2ccccc2F)cc1OC. The number of benzene rings is 2. The summed E-state index contributed by atoms with van der Waals surface area (Å²) >= 11 is 0. The van der Waals surface area contributed by atoms with Gasteiger partial charge in [0.25, 0.3) is 0 Å². The van der Waals surface area contributed by atoms with Crippen molar-refractivity contribution in [2.75, 3.05) is 20.8 Å². The highest BCUT2D eigenvalue weighted by atomic mass is 32.2. The van der Waals surface area contributed by atoms with Gasteiger partial charge in [-0.25, -0.2) is 17.5 Å². The van der Waals surface area contributed by atoms with Gasteiger partial charge in [0.1, 0.15) is 10.7 Å². The normalized spacial score (nSPS) is 11.3. The topological polar surface area (TPSA) is 64.6 Å². The molecule has 2 aromatic rings. The summed E-state index contributed by atoms with van der Waals surface area (Å²) in [5.74, 6) is 0.399. The van der Waals surface area contributed by atoms with Gasteiger partial charge < -0.3 is 9.47 Å². The summed E-state index contributed by atoms with van der Waals surface area (Å²) in [6, 6.07) is 10.6. The summed E-state index contributed by atoms with van der Waals surface area (Å²) in [5, 5.41) is 0. The van der Waals surface area contributed by atoms with Crippen molar-refractivity contribution >= 4 is 10.0 Å². The van der Waals surface area contributed by atoms with E-state index in [9.17, 15) is 12.8 Å². The number of methoxy groups -OCH3 is 2. The van der Waals surface area contributed by atoms with E-state index in [0.717, 1.165) is 11.6 Å². The van der Waals surface area contributed by atoms with Crippen LogP contribution in [-0.4, -0.2) is 29.2 Å². The molecule has 124 valence electrons. The summed E-state index contributed by atoms with van der Waals surface area (Å²) in [7, 11) is -0.799. The van der Waals surface area contributed by atoms with Gasteiger partial charge in [-0.3, -0.25) is 0 Å². The molecule has 0 fully saturated rings. The van der Waals surface area contributed by atoms with Gasteiger partial charge in [0, 0.05) is 6.54 Å². The average molecular weight is 339 g/mol. The van der Waals surface area contributed by atoms with Crippen molar-refractivity contribution in [1.29, 1.82) is 0 Å². The van der Waals surface area contributed by atoms with Gasteiger partial charge in [-0.1, -0.05) is 18.2 Å². The second kappa shape index (κ2) is 7.43. The summed E-state index contributed by atoms with van der Waals surface area (Å²) in [4.78, 5) is -0.354. The van der Waals surface area contributed by atoms with Crippen LogP contribution in [0, 0.1) is 5.82 Å². The Morgan fingerprint density at radius 1 is 1.04 bits per heavy atom. The lowest BCUT2D eigenvalue weighted by Crippen LogP contribution is -2.26. The van der Waals surface area contributed by atoms with Crippen molar-refractivity contribution < 1.29 is 22.3 Å². The first-order valence-electron chi connectivity index (χ1n) is 6.93. The highest BCUT2D eigenvalue weighted by Gasteiger charge is 2.17. The molecule has 0 aliphatic rings. The van der Waals surface area contributed by atoms with Crippen LogP contribution >= 0.6 is 0 Å². The third-order valence-electron chi connectivity index (χ3n) is 3.28. The fourth-order valence-corrected chi connectivity index (χ4v) is 3.22. The monoisotopic (exact) mass is 339 g/mol. The molecule has 0 saturated heterocycles.